The molecule has 1 atom stereocenters. The van der Waals surface area contributed by atoms with E-state index >= 15 is 0 Å². The molecule has 0 fully saturated rings. The van der Waals surface area contributed by atoms with Gasteiger partial charge in [-0.1, -0.05) is 0 Å². The van der Waals surface area contributed by atoms with Gasteiger partial charge in [-0.05, 0) is 12.8 Å². The van der Waals surface area contributed by atoms with E-state index in [-0.39, 0.29) is 57.6 Å². The van der Waals surface area contributed by atoms with E-state index in [1.807, 2.05) is 0 Å². The maximum absolute atomic E-state index is 9.91. The second-order valence-electron chi connectivity index (χ2n) is 1.75. The van der Waals surface area contributed by atoms with Gasteiger partial charge >= 0.3 is 44.8 Å². The molecule has 0 rings (SSSR count). The van der Waals surface area contributed by atoms with Gasteiger partial charge in [0.2, 0.25) is 0 Å². The Hall–Kier alpha value is 0.771. The van der Waals surface area contributed by atoms with E-state index in [0.29, 0.717) is 0 Å². The molecular formula is C5H6Ag2O4S. The van der Waals surface area contributed by atoms with Gasteiger partial charge in [-0.25, -0.2) is 0 Å². The average molecular weight is 378 g/mol. The molecule has 0 aliphatic heterocycles. The number of aliphatic carboxylic acids is 2. The first kappa shape index (κ1) is 18.5. The van der Waals surface area contributed by atoms with Gasteiger partial charge in [0.1, 0.15) is 0 Å². The maximum atomic E-state index is 9.91. The van der Waals surface area contributed by atoms with Crippen LogP contribution in [0.2, 0.25) is 0 Å². The number of hydrogen-bond donors (Lipinski definition) is 1. The zero-order valence-electron chi connectivity index (χ0n) is 5.67. The third-order valence-corrected chi connectivity index (χ3v) is 1.36. The maximum Gasteiger partial charge on any atom is 1.00 e. The number of carboxylic acids is 2. The van der Waals surface area contributed by atoms with Crippen molar-refractivity contribution in [1.82, 2.24) is 0 Å². The number of carbonyl (C=O) groups excluding carboxylic acids is 2. The summed E-state index contributed by atoms with van der Waals surface area (Å²) in [5, 5.41) is 18.7. The van der Waals surface area contributed by atoms with Crippen LogP contribution in [-0.4, -0.2) is 17.2 Å². The molecule has 1 unspecified atom stereocenters. The minimum absolute atomic E-state index is 0. The summed E-state index contributed by atoms with van der Waals surface area (Å²) in [6.07, 6.45) is -0.365. The Morgan fingerprint density at radius 2 is 1.67 bits per heavy atom. The number of hydrogen-bond acceptors (Lipinski definition) is 5. The standard InChI is InChI=1S/C5H8O4S.2Ag/c6-4(7)2-1-3(10)5(8)9;;/h3,10H,1-2H2,(H,6,7)(H,8,9);;/q;2*+1/p-2. The number of carboxylic acid groups (broad SMARTS) is 2. The van der Waals surface area contributed by atoms with E-state index in [0.717, 1.165) is 0 Å². The van der Waals surface area contributed by atoms with Crippen LogP contribution in [0.25, 0.3) is 0 Å². The summed E-state index contributed by atoms with van der Waals surface area (Å²) in [6, 6.07) is 0. The van der Waals surface area contributed by atoms with Gasteiger partial charge in [0, 0.05) is 11.2 Å². The van der Waals surface area contributed by atoms with Crippen molar-refractivity contribution in [2.45, 2.75) is 18.1 Å². The Morgan fingerprint density at radius 3 is 1.92 bits per heavy atom. The molecule has 4 nitrogen and oxygen atoms in total. The predicted octanol–water partition coefficient (Wildman–Crippen LogP) is -2.44. The first-order valence-corrected chi connectivity index (χ1v) is 3.14. The zero-order valence-corrected chi connectivity index (χ0v) is 9.53. The van der Waals surface area contributed by atoms with Crippen LogP contribution in [0, 0.1) is 0 Å². The molecule has 0 spiro atoms. The smallest absolute Gasteiger partial charge is 0.550 e. The predicted molar refractivity (Wildman–Crippen MR) is 32.0 cm³/mol. The van der Waals surface area contributed by atoms with Gasteiger partial charge in [-0.15, -0.1) is 0 Å². The molecule has 0 aliphatic rings. The Kier molecular flexibility index (Phi) is 15.2. The third kappa shape index (κ3) is 10.8. The number of thiol groups is 1. The number of rotatable bonds is 4. The van der Waals surface area contributed by atoms with Crippen molar-refractivity contribution in [3.8, 4) is 0 Å². The molecule has 0 aromatic heterocycles. The fourth-order valence-corrected chi connectivity index (χ4v) is 0.502. The molecule has 0 saturated carbocycles. The van der Waals surface area contributed by atoms with Crippen LogP contribution in [0.3, 0.4) is 0 Å². The first-order chi connectivity index (χ1) is 4.54. The molecule has 0 radical (unpaired) electrons. The van der Waals surface area contributed by atoms with Crippen molar-refractivity contribution in [2.75, 3.05) is 0 Å². The van der Waals surface area contributed by atoms with Crippen molar-refractivity contribution in [3.63, 3.8) is 0 Å². The second-order valence-corrected chi connectivity index (χ2v) is 2.37. The van der Waals surface area contributed by atoms with Crippen LogP contribution < -0.4 is 10.2 Å². The van der Waals surface area contributed by atoms with E-state index < -0.39 is 17.2 Å². The van der Waals surface area contributed by atoms with Crippen molar-refractivity contribution >= 4 is 24.6 Å². The van der Waals surface area contributed by atoms with Crippen molar-refractivity contribution in [1.29, 1.82) is 0 Å². The Balaban J connectivity index is -0.000000405. The molecule has 0 amide bonds. The SMILES string of the molecule is O=C([O-])CCC(S)C(=O)[O-].[Ag+].[Ag+]. The van der Waals surface area contributed by atoms with Crippen LogP contribution in [0.4, 0.5) is 0 Å². The molecule has 0 aromatic carbocycles. The van der Waals surface area contributed by atoms with Crippen molar-refractivity contribution in [2.24, 2.45) is 0 Å². The molecule has 7 heteroatoms. The van der Waals surface area contributed by atoms with Crippen LogP contribution in [0.15, 0.2) is 0 Å². The summed E-state index contributed by atoms with van der Waals surface area (Å²) >= 11 is 3.55. The van der Waals surface area contributed by atoms with E-state index in [1.165, 1.54) is 0 Å². The van der Waals surface area contributed by atoms with Crippen molar-refractivity contribution in [3.05, 3.63) is 0 Å². The average Bonchev–Trinajstić information content (AvgIpc) is 1.82. The Labute approximate surface area is 107 Å². The van der Waals surface area contributed by atoms with Gasteiger partial charge < -0.3 is 19.8 Å². The molecular weight excluding hydrogens is 372 g/mol. The van der Waals surface area contributed by atoms with Crippen LogP contribution in [0.5, 0.6) is 0 Å². The molecule has 0 N–H and O–H groups in total. The largest absolute Gasteiger partial charge is 1.00 e. The minimum atomic E-state index is -1.36. The van der Waals surface area contributed by atoms with Gasteiger partial charge in [-0.3, -0.25) is 0 Å². The molecule has 0 bridgehead atoms. The van der Waals surface area contributed by atoms with Crippen LogP contribution in [0.1, 0.15) is 12.8 Å². The van der Waals surface area contributed by atoms with Gasteiger partial charge in [0.05, 0.1) is 5.97 Å². The summed E-state index contributed by atoms with van der Waals surface area (Å²) < 4.78 is 0. The summed E-state index contributed by atoms with van der Waals surface area (Å²) in [5.41, 5.74) is 0. The van der Waals surface area contributed by atoms with E-state index in [4.69, 9.17) is 0 Å². The fourth-order valence-electron chi connectivity index (χ4n) is 0.372. The first-order valence-electron chi connectivity index (χ1n) is 2.63. The van der Waals surface area contributed by atoms with Gasteiger partial charge in [0.15, 0.2) is 0 Å². The third-order valence-electron chi connectivity index (χ3n) is 0.894. The monoisotopic (exact) mass is 376 g/mol. The molecule has 12 heavy (non-hydrogen) atoms. The normalized spacial score (nSPS) is 10.4. The zero-order chi connectivity index (χ0) is 8.15. The summed E-state index contributed by atoms with van der Waals surface area (Å²) in [4.78, 5) is 19.7. The van der Waals surface area contributed by atoms with Crippen LogP contribution >= 0.6 is 12.6 Å². The topological polar surface area (TPSA) is 80.3 Å². The summed E-state index contributed by atoms with van der Waals surface area (Å²) in [7, 11) is 0. The molecule has 0 saturated heterocycles. The van der Waals surface area contributed by atoms with Crippen LogP contribution in [-0.2, 0) is 54.3 Å². The molecule has 78 valence electrons. The van der Waals surface area contributed by atoms with E-state index in [1.54, 1.807) is 0 Å². The Morgan fingerprint density at radius 1 is 1.25 bits per heavy atom. The summed E-state index contributed by atoms with van der Waals surface area (Å²) in [5.74, 6) is -2.63. The molecule has 0 aromatic rings. The van der Waals surface area contributed by atoms with Crippen molar-refractivity contribution < 1.29 is 64.6 Å². The number of carbonyl (C=O) groups is 2. The second kappa shape index (κ2) is 9.86. The Bertz CT molecular complexity index is 152. The van der Waals surface area contributed by atoms with Gasteiger partial charge in [0.25, 0.3) is 0 Å². The van der Waals surface area contributed by atoms with Gasteiger partial charge in [-0.2, -0.15) is 12.6 Å². The fraction of sp³-hybridized carbons (Fsp3) is 0.600. The molecule has 0 heterocycles. The summed E-state index contributed by atoms with van der Waals surface area (Å²) in [6.45, 7) is 0. The quantitative estimate of drug-likeness (QED) is 0.436. The molecule has 0 aliphatic carbocycles. The minimum Gasteiger partial charge on any atom is -0.550 e. The van der Waals surface area contributed by atoms with E-state index in [9.17, 15) is 19.8 Å². The van der Waals surface area contributed by atoms with E-state index in [2.05, 4.69) is 12.6 Å².